The lowest BCUT2D eigenvalue weighted by atomic mass is 9.91. The van der Waals surface area contributed by atoms with Crippen LogP contribution in [0.1, 0.15) is 19.3 Å². The molecule has 138 valence electrons. The molecule has 0 aliphatic heterocycles. The summed E-state index contributed by atoms with van der Waals surface area (Å²) < 4.78 is 1.71. The van der Waals surface area contributed by atoms with Crippen molar-refractivity contribution in [1.82, 2.24) is 19.7 Å². The van der Waals surface area contributed by atoms with Gasteiger partial charge in [0.2, 0.25) is 0 Å². The molecule has 1 fully saturated rings. The SMILES string of the molecule is Cn1cc(-c2ccc(N)c(N(C(=O)Nc3ccccn3)C3CCC3)n2)cn1. The van der Waals surface area contributed by atoms with E-state index in [9.17, 15) is 4.79 Å². The van der Waals surface area contributed by atoms with Crippen molar-refractivity contribution in [3.05, 3.63) is 48.9 Å². The molecule has 0 spiro atoms. The van der Waals surface area contributed by atoms with Crippen LogP contribution in [0.4, 0.5) is 22.1 Å². The largest absolute Gasteiger partial charge is 0.396 e. The third kappa shape index (κ3) is 3.46. The van der Waals surface area contributed by atoms with Crippen molar-refractivity contribution < 1.29 is 4.79 Å². The van der Waals surface area contributed by atoms with Crippen molar-refractivity contribution in [2.75, 3.05) is 16.0 Å². The molecule has 0 bridgehead atoms. The van der Waals surface area contributed by atoms with E-state index in [0.717, 1.165) is 30.5 Å². The van der Waals surface area contributed by atoms with Gasteiger partial charge in [-0.15, -0.1) is 0 Å². The van der Waals surface area contributed by atoms with Crippen LogP contribution in [0, 0.1) is 0 Å². The molecule has 0 aromatic carbocycles. The molecule has 1 aliphatic rings. The minimum Gasteiger partial charge on any atom is -0.396 e. The lowest BCUT2D eigenvalue weighted by Crippen LogP contribution is -2.47. The summed E-state index contributed by atoms with van der Waals surface area (Å²) in [5, 5.41) is 7.03. The average molecular weight is 363 g/mol. The number of aromatic nitrogens is 4. The zero-order valence-corrected chi connectivity index (χ0v) is 15.0. The van der Waals surface area contributed by atoms with Gasteiger partial charge >= 0.3 is 6.03 Å². The van der Waals surface area contributed by atoms with E-state index in [0.29, 0.717) is 17.3 Å². The summed E-state index contributed by atoms with van der Waals surface area (Å²) in [5.74, 6) is 0.961. The summed E-state index contributed by atoms with van der Waals surface area (Å²) in [6, 6.07) is 8.80. The van der Waals surface area contributed by atoms with Crippen LogP contribution in [-0.2, 0) is 7.05 Å². The summed E-state index contributed by atoms with van der Waals surface area (Å²) >= 11 is 0. The normalized spacial score (nSPS) is 13.8. The lowest BCUT2D eigenvalue weighted by Gasteiger charge is -2.37. The maximum atomic E-state index is 13.0. The minimum absolute atomic E-state index is 0.0765. The zero-order valence-electron chi connectivity index (χ0n) is 15.0. The molecular weight excluding hydrogens is 342 g/mol. The third-order valence-electron chi connectivity index (χ3n) is 4.69. The van der Waals surface area contributed by atoms with Gasteiger partial charge in [-0.25, -0.2) is 14.8 Å². The van der Waals surface area contributed by atoms with E-state index >= 15 is 0 Å². The van der Waals surface area contributed by atoms with Gasteiger partial charge < -0.3 is 5.73 Å². The molecule has 3 heterocycles. The highest BCUT2D eigenvalue weighted by Crippen LogP contribution is 2.33. The summed E-state index contributed by atoms with van der Waals surface area (Å²) in [6.07, 6.45) is 8.19. The van der Waals surface area contributed by atoms with Gasteiger partial charge in [-0.1, -0.05) is 6.07 Å². The second-order valence-corrected chi connectivity index (χ2v) is 6.61. The first-order valence-electron chi connectivity index (χ1n) is 8.88. The number of urea groups is 1. The third-order valence-corrected chi connectivity index (χ3v) is 4.69. The highest BCUT2D eigenvalue weighted by atomic mass is 16.2. The number of nitrogens with two attached hydrogens (primary N) is 1. The molecule has 3 aromatic heterocycles. The monoisotopic (exact) mass is 363 g/mol. The molecule has 2 amide bonds. The van der Waals surface area contributed by atoms with E-state index in [1.165, 1.54) is 0 Å². The Morgan fingerprint density at radius 2 is 2.15 bits per heavy atom. The molecule has 0 saturated heterocycles. The zero-order chi connectivity index (χ0) is 18.8. The van der Waals surface area contributed by atoms with Crippen LogP contribution >= 0.6 is 0 Å². The van der Waals surface area contributed by atoms with Gasteiger partial charge in [0.1, 0.15) is 5.82 Å². The number of amides is 2. The fraction of sp³-hybridized carbons (Fsp3) is 0.263. The number of nitrogens with zero attached hydrogens (tertiary/aromatic N) is 5. The molecule has 0 radical (unpaired) electrons. The molecule has 0 atom stereocenters. The van der Waals surface area contributed by atoms with E-state index in [-0.39, 0.29) is 12.1 Å². The smallest absolute Gasteiger partial charge is 0.328 e. The first kappa shape index (κ1) is 17.0. The second kappa shape index (κ2) is 7.06. The van der Waals surface area contributed by atoms with Gasteiger partial charge in [0.25, 0.3) is 0 Å². The number of hydrogen-bond acceptors (Lipinski definition) is 5. The number of rotatable bonds is 4. The van der Waals surface area contributed by atoms with Crippen LogP contribution in [0.3, 0.4) is 0 Å². The molecule has 3 N–H and O–H groups in total. The van der Waals surface area contributed by atoms with Crippen molar-refractivity contribution in [3.8, 4) is 11.3 Å². The summed E-state index contributed by atoms with van der Waals surface area (Å²) in [7, 11) is 1.85. The summed E-state index contributed by atoms with van der Waals surface area (Å²) in [6.45, 7) is 0. The fourth-order valence-corrected chi connectivity index (χ4v) is 3.05. The average Bonchev–Trinajstić information content (AvgIpc) is 3.06. The highest BCUT2D eigenvalue weighted by molar-refractivity contribution is 6.03. The van der Waals surface area contributed by atoms with Crippen molar-refractivity contribution in [1.29, 1.82) is 0 Å². The van der Waals surface area contributed by atoms with Gasteiger partial charge in [0, 0.05) is 31.0 Å². The molecular formula is C19H21N7O. The molecule has 1 saturated carbocycles. The van der Waals surface area contributed by atoms with E-state index in [2.05, 4.69) is 20.4 Å². The Morgan fingerprint density at radius 3 is 2.78 bits per heavy atom. The number of aryl methyl sites for hydroxylation is 1. The standard InChI is InChI=1S/C19H21N7O/c1-25-12-13(11-22-25)16-9-8-15(20)18(23-16)26(14-5-4-6-14)19(27)24-17-7-2-3-10-21-17/h2-3,7-12,14H,4-6,20H2,1H3,(H,21,24,27). The Bertz CT molecular complexity index is 950. The number of pyridine rings is 2. The lowest BCUT2D eigenvalue weighted by molar-refractivity contribution is 0.249. The Labute approximate surface area is 157 Å². The number of hydrogen-bond donors (Lipinski definition) is 2. The predicted octanol–water partition coefficient (Wildman–Crippen LogP) is 3.05. The number of anilines is 3. The Hall–Kier alpha value is -3.42. The van der Waals surface area contributed by atoms with E-state index in [4.69, 9.17) is 5.73 Å². The first-order chi connectivity index (χ1) is 13.1. The summed E-state index contributed by atoms with van der Waals surface area (Å²) in [5.41, 5.74) is 8.26. The van der Waals surface area contributed by atoms with Gasteiger partial charge in [0.15, 0.2) is 5.82 Å². The van der Waals surface area contributed by atoms with Gasteiger partial charge in [-0.3, -0.25) is 14.9 Å². The number of carbonyl (C=O) groups is 1. The molecule has 3 aromatic rings. The van der Waals surface area contributed by atoms with Crippen LogP contribution in [0.2, 0.25) is 0 Å². The number of nitrogen functional groups attached to an aromatic ring is 1. The molecule has 8 heteroatoms. The Morgan fingerprint density at radius 1 is 1.30 bits per heavy atom. The maximum Gasteiger partial charge on any atom is 0.328 e. The topological polar surface area (TPSA) is 102 Å². The quantitative estimate of drug-likeness (QED) is 0.742. The Balaban J connectivity index is 1.69. The van der Waals surface area contributed by atoms with Crippen molar-refractivity contribution in [3.63, 3.8) is 0 Å². The fourth-order valence-electron chi connectivity index (χ4n) is 3.05. The first-order valence-corrected chi connectivity index (χ1v) is 8.88. The molecule has 27 heavy (non-hydrogen) atoms. The van der Waals surface area contributed by atoms with Crippen molar-refractivity contribution in [2.45, 2.75) is 25.3 Å². The van der Waals surface area contributed by atoms with Crippen LogP contribution in [0.15, 0.2) is 48.9 Å². The van der Waals surface area contributed by atoms with Crippen LogP contribution in [0.5, 0.6) is 0 Å². The van der Waals surface area contributed by atoms with E-state index in [1.54, 1.807) is 40.2 Å². The van der Waals surface area contributed by atoms with E-state index in [1.807, 2.05) is 25.4 Å². The van der Waals surface area contributed by atoms with Crippen molar-refractivity contribution >= 4 is 23.4 Å². The second-order valence-electron chi connectivity index (χ2n) is 6.61. The molecule has 0 unspecified atom stereocenters. The minimum atomic E-state index is -0.277. The van der Waals surface area contributed by atoms with Gasteiger partial charge in [-0.2, -0.15) is 5.10 Å². The Kier molecular flexibility index (Phi) is 4.45. The van der Waals surface area contributed by atoms with E-state index < -0.39 is 0 Å². The maximum absolute atomic E-state index is 13.0. The highest BCUT2D eigenvalue weighted by Gasteiger charge is 2.32. The van der Waals surface area contributed by atoms with Gasteiger partial charge in [-0.05, 0) is 43.5 Å². The molecule has 1 aliphatic carbocycles. The van der Waals surface area contributed by atoms with Crippen LogP contribution < -0.4 is 16.0 Å². The van der Waals surface area contributed by atoms with Crippen LogP contribution in [0.25, 0.3) is 11.3 Å². The summed E-state index contributed by atoms with van der Waals surface area (Å²) in [4.78, 5) is 23.5. The van der Waals surface area contributed by atoms with Crippen molar-refractivity contribution in [2.24, 2.45) is 7.05 Å². The molecule has 8 nitrogen and oxygen atoms in total. The predicted molar refractivity (Wildman–Crippen MR) is 104 cm³/mol. The molecule has 4 rings (SSSR count). The number of nitrogens with one attached hydrogen (secondary N) is 1. The van der Waals surface area contributed by atoms with Gasteiger partial charge in [0.05, 0.1) is 17.6 Å². The number of carbonyl (C=O) groups excluding carboxylic acids is 1. The van der Waals surface area contributed by atoms with Crippen LogP contribution in [-0.4, -0.2) is 31.8 Å².